The molecule has 0 aliphatic heterocycles. The number of carboxylic acids is 1. The average Bonchev–Trinajstić information content (AvgIpc) is 2.97. The van der Waals surface area contributed by atoms with Gasteiger partial charge in [-0.2, -0.15) is 0 Å². The van der Waals surface area contributed by atoms with Crippen molar-refractivity contribution >= 4 is 34.8 Å². The molecule has 23 heavy (non-hydrogen) atoms. The molecule has 0 saturated carbocycles. The van der Waals surface area contributed by atoms with E-state index in [1.54, 1.807) is 23.6 Å². The van der Waals surface area contributed by atoms with Crippen LogP contribution in [0.5, 0.6) is 0 Å². The van der Waals surface area contributed by atoms with Gasteiger partial charge in [0.15, 0.2) is 5.54 Å². The zero-order chi connectivity index (χ0) is 17.0. The van der Waals surface area contributed by atoms with Gasteiger partial charge in [-0.25, -0.2) is 9.78 Å². The Bertz CT molecular complexity index is 734. The smallest absolute Gasteiger partial charge is 0.331 e. The van der Waals surface area contributed by atoms with Crippen molar-refractivity contribution in [1.82, 2.24) is 10.3 Å². The molecule has 0 radical (unpaired) electrons. The fraction of sp³-hybridized carbons (Fsp3) is 0.267. The second kappa shape index (κ2) is 7.08. The summed E-state index contributed by atoms with van der Waals surface area (Å²) in [5.74, 6) is -1.76. The highest BCUT2D eigenvalue weighted by molar-refractivity contribution is 7.13. The molecule has 1 atom stereocenters. The molecule has 0 bridgehead atoms. The Kier molecular flexibility index (Phi) is 5.35. The van der Waals surface area contributed by atoms with Crippen molar-refractivity contribution in [2.45, 2.75) is 12.5 Å². The van der Waals surface area contributed by atoms with Gasteiger partial charge in [0, 0.05) is 23.1 Å². The molecule has 0 fully saturated rings. The topological polar surface area (TPSA) is 88.5 Å². The maximum absolute atomic E-state index is 12.2. The largest absolute Gasteiger partial charge is 0.479 e. The van der Waals surface area contributed by atoms with Gasteiger partial charge in [0.25, 0.3) is 5.91 Å². The van der Waals surface area contributed by atoms with Gasteiger partial charge in [0.05, 0.1) is 6.61 Å². The number of carbonyl (C=O) groups is 2. The van der Waals surface area contributed by atoms with Crippen LogP contribution in [0.15, 0.2) is 29.6 Å². The van der Waals surface area contributed by atoms with Crippen LogP contribution < -0.4 is 5.32 Å². The molecule has 2 aromatic rings. The lowest BCUT2D eigenvalue weighted by Crippen LogP contribution is -2.55. The second-order valence-electron chi connectivity index (χ2n) is 5.07. The minimum atomic E-state index is -1.52. The zero-order valence-corrected chi connectivity index (χ0v) is 14.1. The molecule has 2 N–H and O–H groups in total. The quantitative estimate of drug-likeness (QED) is 0.832. The summed E-state index contributed by atoms with van der Waals surface area (Å²) in [6, 6.07) is 7.11. The number of thiazole rings is 1. The summed E-state index contributed by atoms with van der Waals surface area (Å²) < 4.78 is 4.86. The van der Waals surface area contributed by atoms with Crippen molar-refractivity contribution in [2.75, 3.05) is 13.7 Å². The highest BCUT2D eigenvalue weighted by atomic mass is 35.5. The minimum absolute atomic E-state index is 0.147. The van der Waals surface area contributed by atoms with Gasteiger partial charge in [-0.15, -0.1) is 11.3 Å². The molecule has 1 aromatic heterocycles. The molecule has 0 saturated heterocycles. The number of ether oxygens (including phenoxy) is 1. The van der Waals surface area contributed by atoms with Crippen LogP contribution in [0, 0.1) is 0 Å². The number of benzene rings is 1. The summed E-state index contributed by atoms with van der Waals surface area (Å²) in [6.07, 6.45) is 0. The van der Waals surface area contributed by atoms with Crippen LogP contribution in [0.2, 0.25) is 5.02 Å². The molecule has 1 amide bonds. The van der Waals surface area contributed by atoms with Crippen molar-refractivity contribution in [3.8, 4) is 10.6 Å². The van der Waals surface area contributed by atoms with Crippen molar-refractivity contribution in [3.63, 3.8) is 0 Å². The first-order valence-corrected chi connectivity index (χ1v) is 7.88. The lowest BCUT2D eigenvalue weighted by molar-refractivity contribution is -0.145. The number of aromatic nitrogens is 1. The van der Waals surface area contributed by atoms with Crippen molar-refractivity contribution in [2.24, 2.45) is 0 Å². The highest BCUT2D eigenvalue weighted by Crippen LogP contribution is 2.26. The van der Waals surface area contributed by atoms with E-state index in [4.69, 9.17) is 16.3 Å². The number of hydrogen-bond acceptors (Lipinski definition) is 5. The molecular weight excluding hydrogens is 340 g/mol. The third-order valence-electron chi connectivity index (χ3n) is 3.10. The second-order valence-corrected chi connectivity index (χ2v) is 6.37. The summed E-state index contributed by atoms with van der Waals surface area (Å²) in [6.45, 7) is 1.22. The van der Waals surface area contributed by atoms with Gasteiger partial charge < -0.3 is 15.2 Å². The predicted octanol–water partition coefficient (Wildman–Crippen LogP) is 2.68. The number of carboxylic acid groups (broad SMARTS) is 1. The van der Waals surface area contributed by atoms with E-state index in [1.165, 1.54) is 25.4 Å². The lowest BCUT2D eigenvalue weighted by atomic mass is 10.0. The summed E-state index contributed by atoms with van der Waals surface area (Å²) in [5, 5.41) is 14.5. The van der Waals surface area contributed by atoms with E-state index in [2.05, 4.69) is 10.3 Å². The molecule has 2 rings (SSSR count). The molecule has 1 unspecified atom stereocenters. The van der Waals surface area contributed by atoms with Gasteiger partial charge in [0.1, 0.15) is 10.7 Å². The number of rotatable bonds is 6. The van der Waals surface area contributed by atoms with E-state index >= 15 is 0 Å². The summed E-state index contributed by atoms with van der Waals surface area (Å²) in [7, 11) is 1.37. The van der Waals surface area contributed by atoms with Gasteiger partial charge in [-0.05, 0) is 19.1 Å². The number of aliphatic carboxylic acids is 1. The Hall–Kier alpha value is -1.96. The number of nitrogens with one attached hydrogen (secondary N) is 1. The Labute approximate surface area is 142 Å². The molecule has 122 valence electrons. The van der Waals surface area contributed by atoms with Crippen LogP contribution in [0.1, 0.15) is 17.4 Å². The normalized spacial score (nSPS) is 13.3. The van der Waals surface area contributed by atoms with Crippen LogP contribution >= 0.6 is 22.9 Å². The Balaban J connectivity index is 2.20. The lowest BCUT2D eigenvalue weighted by Gasteiger charge is -2.24. The van der Waals surface area contributed by atoms with Gasteiger partial charge in [-0.1, -0.05) is 23.7 Å². The van der Waals surface area contributed by atoms with E-state index in [0.717, 1.165) is 5.56 Å². The molecule has 1 heterocycles. The van der Waals surface area contributed by atoms with Crippen molar-refractivity contribution in [1.29, 1.82) is 0 Å². The predicted molar refractivity (Wildman–Crippen MR) is 87.9 cm³/mol. The van der Waals surface area contributed by atoms with Gasteiger partial charge in [-0.3, -0.25) is 4.79 Å². The van der Waals surface area contributed by atoms with Crippen molar-refractivity contribution < 1.29 is 19.4 Å². The standard InChI is InChI=1S/C15H15ClN2O4S/c1-15(8-22-2,14(20)21)18-12(19)11-7-23-13(17-11)9-4-3-5-10(16)6-9/h3-7H,8H2,1-2H3,(H,18,19)(H,20,21). The fourth-order valence-electron chi connectivity index (χ4n) is 1.89. The first kappa shape index (κ1) is 17.4. The summed E-state index contributed by atoms with van der Waals surface area (Å²) in [4.78, 5) is 27.8. The highest BCUT2D eigenvalue weighted by Gasteiger charge is 2.35. The molecule has 0 spiro atoms. The average molecular weight is 355 g/mol. The number of hydrogen-bond donors (Lipinski definition) is 2. The Morgan fingerprint density at radius 1 is 1.48 bits per heavy atom. The molecular formula is C15H15ClN2O4S. The molecule has 6 nitrogen and oxygen atoms in total. The van der Waals surface area contributed by atoms with Crippen LogP contribution in [-0.4, -0.2) is 41.2 Å². The van der Waals surface area contributed by atoms with Gasteiger partial charge >= 0.3 is 5.97 Å². The first-order chi connectivity index (χ1) is 10.9. The van der Waals surface area contributed by atoms with E-state index in [-0.39, 0.29) is 12.3 Å². The molecule has 1 aromatic carbocycles. The number of methoxy groups -OCH3 is 1. The Morgan fingerprint density at radius 2 is 2.22 bits per heavy atom. The minimum Gasteiger partial charge on any atom is -0.479 e. The molecule has 8 heteroatoms. The maximum Gasteiger partial charge on any atom is 0.331 e. The van der Waals surface area contributed by atoms with Crippen molar-refractivity contribution in [3.05, 3.63) is 40.4 Å². The number of nitrogens with zero attached hydrogens (tertiary/aromatic N) is 1. The number of carbonyl (C=O) groups excluding carboxylic acids is 1. The fourth-order valence-corrected chi connectivity index (χ4v) is 2.87. The number of halogens is 1. The monoisotopic (exact) mass is 354 g/mol. The van der Waals surface area contributed by atoms with Crippen LogP contribution in [0.4, 0.5) is 0 Å². The van der Waals surface area contributed by atoms with E-state index < -0.39 is 17.4 Å². The Morgan fingerprint density at radius 3 is 2.83 bits per heavy atom. The van der Waals surface area contributed by atoms with Crippen LogP contribution in [0.3, 0.4) is 0 Å². The van der Waals surface area contributed by atoms with E-state index in [1.807, 2.05) is 6.07 Å². The molecule has 0 aliphatic rings. The summed E-state index contributed by atoms with van der Waals surface area (Å²) in [5.41, 5.74) is -0.584. The third-order valence-corrected chi connectivity index (χ3v) is 4.23. The number of amides is 1. The first-order valence-electron chi connectivity index (χ1n) is 6.62. The van der Waals surface area contributed by atoms with E-state index in [9.17, 15) is 14.7 Å². The maximum atomic E-state index is 12.2. The SMILES string of the molecule is COCC(C)(NC(=O)c1csc(-c2cccc(Cl)c2)n1)C(=O)O. The summed E-state index contributed by atoms with van der Waals surface area (Å²) >= 11 is 7.22. The van der Waals surface area contributed by atoms with Crippen LogP contribution in [0.25, 0.3) is 10.6 Å². The molecule has 0 aliphatic carbocycles. The van der Waals surface area contributed by atoms with Gasteiger partial charge in [0.2, 0.25) is 0 Å². The zero-order valence-electron chi connectivity index (χ0n) is 12.5. The third kappa shape index (κ3) is 4.07. The van der Waals surface area contributed by atoms with Crippen LogP contribution in [-0.2, 0) is 9.53 Å². The van der Waals surface area contributed by atoms with E-state index in [0.29, 0.717) is 10.0 Å².